The fourth-order valence-corrected chi connectivity index (χ4v) is 4.12. The van der Waals surface area contributed by atoms with Gasteiger partial charge in [0, 0.05) is 31.4 Å². The number of nitrogens with two attached hydrogens (primary N) is 1. The normalized spacial score (nSPS) is 14.1. The molecule has 0 aliphatic carbocycles. The minimum atomic E-state index is -0.462. The van der Waals surface area contributed by atoms with Crippen molar-refractivity contribution in [3.8, 4) is 0 Å². The first kappa shape index (κ1) is 20.0. The van der Waals surface area contributed by atoms with Gasteiger partial charge in [0.25, 0.3) is 5.91 Å². The predicted molar refractivity (Wildman–Crippen MR) is 120 cm³/mol. The first-order chi connectivity index (χ1) is 14.5. The molecule has 0 unspecified atom stereocenters. The number of para-hydroxylation sites is 1. The molecule has 1 saturated heterocycles. The average molecular weight is 405 g/mol. The fraction of sp³-hybridized carbons (Fsp3) is 0.333. The Balaban J connectivity index is 1.62. The van der Waals surface area contributed by atoms with Gasteiger partial charge in [-0.05, 0) is 61.9 Å². The van der Waals surface area contributed by atoms with Crippen molar-refractivity contribution in [3.63, 3.8) is 0 Å². The molecule has 6 heteroatoms. The molecule has 0 bridgehead atoms. The molecule has 6 nitrogen and oxygen atoms in total. The molecule has 1 aliphatic heterocycles. The van der Waals surface area contributed by atoms with Gasteiger partial charge in [0.15, 0.2) is 11.3 Å². The Hall–Kier alpha value is -3.28. The van der Waals surface area contributed by atoms with Gasteiger partial charge in [0.05, 0.1) is 10.9 Å². The van der Waals surface area contributed by atoms with Crippen LogP contribution in [-0.2, 0) is 6.42 Å². The van der Waals surface area contributed by atoms with E-state index in [0.717, 1.165) is 37.1 Å². The Bertz CT molecular complexity index is 1130. The van der Waals surface area contributed by atoms with Crippen LogP contribution < -0.4 is 21.4 Å². The van der Waals surface area contributed by atoms with Crippen LogP contribution in [0.4, 0.5) is 11.6 Å². The maximum absolute atomic E-state index is 12.8. The van der Waals surface area contributed by atoms with Gasteiger partial charge in [-0.3, -0.25) is 9.59 Å². The number of carbonyl (C=O) groups is 1. The van der Waals surface area contributed by atoms with Crippen LogP contribution in [0.3, 0.4) is 0 Å². The minimum Gasteiger partial charge on any atom is -0.440 e. The van der Waals surface area contributed by atoms with Gasteiger partial charge in [-0.15, -0.1) is 0 Å². The molecule has 4 rings (SSSR count). The number of anilines is 2. The van der Waals surface area contributed by atoms with E-state index in [9.17, 15) is 9.59 Å². The van der Waals surface area contributed by atoms with Crippen molar-refractivity contribution in [2.75, 3.05) is 29.9 Å². The van der Waals surface area contributed by atoms with E-state index in [2.05, 4.69) is 16.3 Å². The number of piperidine rings is 1. The third kappa shape index (κ3) is 4.17. The Morgan fingerprint density at radius 3 is 2.67 bits per heavy atom. The summed E-state index contributed by atoms with van der Waals surface area (Å²) in [5.74, 6) is 0.195. The van der Waals surface area contributed by atoms with Gasteiger partial charge in [-0.25, -0.2) is 0 Å². The van der Waals surface area contributed by atoms with Gasteiger partial charge in [0.1, 0.15) is 5.58 Å². The molecule has 0 atom stereocenters. The molecular weight excluding hydrogens is 378 g/mol. The Labute approximate surface area is 175 Å². The summed E-state index contributed by atoms with van der Waals surface area (Å²) in [4.78, 5) is 26.6. The van der Waals surface area contributed by atoms with Crippen LogP contribution in [0.2, 0.25) is 0 Å². The average Bonchev–Trinajstić information content (AvgIpc) is 2.75. The molecule has 156 valence electrons. The van der Waals surface area contributed by atoms with Crippen molar-refractivity contribution >= 4 is 28.4 Å². The topological polar surface area (TPSA) is 88.6 Å². The smallest absolute Gasteiger partial charge is 0.250 e. The third-order valence-electron chi connectivity index (χ3n) is 5.61. The molecule has 1 amide bonds. The standard InChI is InChI=1S/C24H27N3O3/c1-16-13-17(9-10-26-20-8-4-3-7-18(20)24(25)29)23-19(14-16)21(28)15-22(30-23)27-11-5-2-6-12-27/h3-4,7-8,13-15,26H,2,5-6,9-12H2,1H3,(H2,25,29). The zero-order valence-corrected chi connectivity index (χ0v) is 17.2. The number of amides is 1. The lowest BCUT2D eigenvalue weighted by Crippen LogP contribution is -2.30. The van der Waals surface area contributed by atoms with E-state index >= 15 is 0 Å². The SMILES string of the molecule is Cc1cc(CCNc2ccccc2C(N)=O)c2oc(N3CCCCC3)cc(=O)c2c1. The Kier molecular flexibility index (Phi) is 5.74. The highest BCUT2D eigenvalue weighted by Crippen LogP contribution is 2.26. The van der Waals surface area contributed by atoms with Crippen molar-refractivity contribution in [2.24, 2.45) is 5.73 Å². The first-order valence-corrected chi connectivity index (χ1v) is 10.5. The maximum Gasteiger partial charge on any atom is 0.250 e. The van der Waals surface area contributed by atoms with Gasteiger partial charge >= 0.3 is 0 Å². The summed E-state index contributed by atoms with van der Waals surface area (Å²) >= 11 is 0. The summed E-state index contributed by atoms with van der Waals surface area (Å²) in [6.45, 7) is 4.40. The zero-order valence-electron chi connectivity index (χ0n) is 17.2. The predicted octanol–water partition coefficient (Wildman–Crippen LogP) is 3.85. The van der Waals surface area contributed by atoms with E-state index in [0.29, 0.717) is 41.1 Å². The van der Waals surface area contributed by atoms with Crippen molar-refractivity contribution < 1.29 is 9.21 Å². The number of hydrogen-bond donors (Lipinski definition) is 2. The molecule has 0 saturated carbocycles. The summed E-state index contributed by atoms with van der Waals surface area (Å²) in [7, 11) is 0. The second-order valence-corrected chi connectivity index (χ2v) is 7.88. The van der Waals surface area contributed by atoms with Gasteiger partial charge in [-0.1, -0.05) is 18.2 Å². The molecule has 1 fully saturated rings. The van der Waals surface area contributed by atoms with Crippen LogP contribution >= 0.6 is 0 Å². The van der Waals surface area contributed by atoms with Crippen molar-refractivity contribution in [1.29, 1.82) is 0 Å². The highest BCUT2D eigenvalue weighted by Gasteiger charge is 2.17. The highest BCUT2D eigenvalue weighted by atomic mass is 16.4. The first-order valence-electron chi connectivity index (χ1n) is 10.5. The summed E-state index contributed by atoms with van der Waals surface area (Å²) < 4.78 is 6.26. The van der Waals surface area contributed by atoms with Crippen LogP contribution in [0.15, 0.2) is 51.7 Å². The van der Waals surface area contributed by atoms with E-state index in [1.165, 1.54) is 6.42 Å². The number of fused-ring (bicyclic) bond motifs is 1. The summed E-state index contributed by atoms with van der Waals surface area (Å²) in [6.07, 6.45) is 4.10. The second kappa shape index (κ2) is 8.61. The van der Waals surface area contributed by atoms with Crippen molar-refractivity contribution in [1.82, 2.24) is 0 Å². The fourth-order valence-electron chi connectivity index (χ4n) is 4.12. The molecule has 0 radical (unpaired) electrons. The van der Waals surface area contributed by atoms with Crippen LogP contribution in [-0.4, -0.2) is 25.5 Å². The van der Waals surface area contributed by atoms with E-state index in [4.69, 9.17) is 10.2 Å². The highest BCUT2D eigenvalue weighted by molar-refractivity contribution is 5.98. The molecular formula is C24H27N3O3. The second-order valence-electron chi connectivity index (χ2n) is 7.88. The molecule has 30 heavy (non-hydrogen) atoms. The maximum atomic E-state index is 12.8. The lowest BCUT2D eigenvalue weighted by molar-refractivity contribution is 0.100. The molecule has 3 N–H and O–H groups in total. The number of carbonyl (C=O) groups excluding carboxylic acids is 1. The Morgan fingerprint density at radius 2 is 1.90 bits per heavy atom. The quantitative estimate of drug-likeness (QED) is 0.650. The van der Waals surface area contributed by atoms with E-state index in [1.807, 2.05) is 25.1 Å². The molecule has 2 heterocycles. The molecule has 2 aromatic carbocycles. The number of benzene rings is 2. The Morgan fingerprint density at radius 1 is 1.13 bits per heavy atom. The van der Waals surface area contributed by atoms with E-state index in [-0.39, 0.29) is 5.43 Å². The summed E-state index contributed by atoms with van der Waals surface area (Å²) in [5.41, 5.74) is 9.28. The van der Waals surface area contributed by atoms with E-state index in [1.54, 1.807) is 18.2 Å². The molecule has 3 aromatic rings. The lowest BCUT2D eigenvalue weighted by atomic mass is 10.0. The zero-order chi connectivity index (χ0) is 21.1. The number of rotatable bonds is 6. The minimum absolute atomic E-state index is 0.00573. The van der Waals surface area contributed by atoms with Crippen molar-refractivity contribution in [3.05, 3.63) is 69.4 Å². The summed E-state index contributed by atoms with van der Waals surface area (Å²) in [5, 5.41) is 3.90. The van der Waals surface area contributed by atoms with Gasteiger partial charge in [0.2, 0.25) is 0 Å². The van der Waals surface area contributed by atoms with Crippen LogP contribution in [0.25, 0.3) is 11.0 Å². The van der Waals surface area contributed by atoms with Crippen LogP contribution in [0.5, 0.6) is 0 Å². The number of aryl methyl sites for hydroxylation is 1. The number of nitrogens with one attached hydrogen (secondary N) is 1. The van der Waals surface area contributed by atoms with Crippen molar-refractivity contribution in [2.45, 2.75) is 32.6 Å². The van der Waals surface area contributed by atoms with Crippen LogP contribution in [0.1, 0.15) is 40.7 Å². The number of primary amides is 1. The number of nitrogens with zero attached hydrogens (tertiary/aromatic N) is 1. The monoisotopic (exact) mass is 405 g/mol. The third-order valence-corrected chi connectivity index (χ3v) is 5.61. The molecule has 0 spiro atoms. The lowest BCUT2D eigenvalue weighted by Gasteiger charge is -2.27. The van der Waals surface area contributed by atoms with Gasteiger partial charge < -0.3 is 20.4 Å². The molecule has 1 aromatic heterocycles. The van der Waals surface area contributed by atoms with Gasteiger partial charge in [-0.2, -0.15) is 0 Å². The number of hydrogen-bond acceptors (Lipinski definition) is 5. The van der Waals surface area contributed by atoms with Crippen LogP contribution in [0, 0.1) is 6.92 Å². The van der Waals surface area contributed by atoms with E-state index < -0.39 is 5.91 Å². The summed E-state index contributed by atoms with van der Waals surface area (Å²) in [6, 6.07) is 12.8. The largest absolute Gasteiger partial charge is 0.440 e. The molecule has 1 aliphatic rings.